The topological polar surface area (TPSA) is 103 Å². The molecule has 3 aromatic carbocycles. The number of benzene rings is 3. The molecule has 0 saturated carbocycles. The number of thioether (sulfide) groups is 1. The standard InChI is InChI=1S/C35H48N2O6S2/c1-6-8-19-35(20-9-7-2)25-36(28-13-11-10-12-14-28)30-22-32(44-5)31(43-26(3)21-34(38)39)23-33(30)45(40,41)37(35)24-27-15-17-29(42-4)18-16-27/h10-18,22-23,26,40-41H,6-9,19-21,24-25H2,1-5H3,(H,38,39). The van der Waals surface area contributed by atoms with E-state index in [2.05, 4.69) is 30.9 Å². The Morgan fingerprint density at radius 2 is 1.67 bits per heavy atom. The summed E-state index contributed by atoms with van der Waals surface area (Å²) in [6.45, 7) is 6.96. The number of hydrogen-bond acceptors (Lipinski definition) is 8. The van der Waals surface area contributed by atoms with Crippen LogP contribution in [0.25, 0.3) is 0 Å². The molecule has 45 heavy (non-hydrogen) atoms. The molecule has 0 bridgehead atoms. The molecule has 246 valence electrons. The highest BCUT2D eigenvalue weighted by molar-refractivity contribution is 8.22. The smallest absolute Gasteiger partial charge is 0.307 e. The van der Waals surface area contributed by atoms with Gasteiger partial charge in [-0.25, -0.2) is 0 Å². The highest BCUT2D eigenvalue weighted by Crippen LogP contribution is 2.64. The Bertz CT molecular complexity index is 1400. The second-order valence-electron chi connectivity index (χ2n) is 11.8. The summed E-state index contributed by atoms with van der Waals surface area (Å²) in [5.74, 6) is 0.235. The normalized spacial score (nSPS) is 17.2. The summed E-state index contributed by atoms with van der Waals surface area (Å²) >= 11 is 1.49. The molecule has 3 N–H and O–H groups in total. The minimum Gasteiger partial charge on any atom is -0.497 e. The van der Waals surface area contributed by atoms with Gasteiger partial charge in [0.1, 0.15) is 22.5 Å². The van der Waals surface area contributed by atoms with Crippen LogP contribution >= 0.6 is 22.5 Å². The van der Waals surface area contributed by atoms with Crippen molar-refractivity contribution in [3.63, 3.8) is 0 Å². The van der Waals surface area contributed by atoms with E-state index in [1.165, 1.54) is 11.8 Å². The Hall–Kier alpha value is -2.89. The van der Waals surface area contributed by atoms with Gasteiger partial charge in [-0.15, -0.1) is 22.5 Å². The maximum atomic E-state index is 12.7. The second kappa shape index (κ2) is 15.6. The molecule has 1 atom stereocenters. The summed E-state index contributed by atoms with van der Waals surface area (Å²) in [6.07, 6.45) is 6.60. The number of hydrogen-bond donors (Lipinski definition) is 3. The summed E-state index contributed by atoms with van der Waals surface area (Å²) < 4.78 is 38.9. The van der Waals surface area contributed by atoms with Crippen LogP contribution in [0.4, 0.5) is 11.4 Å². The molecule has 4 rings (SSSR count). The molecular weight excluding hydrogens is 609 g/mol. The molecule has 0 radical (unpaired) electrons. The molecule has 1 heterocycles. The van der Waals surface area contributed by atoms with Crippen molar-refractivity contribution in [2.45, 2.75) is 93.7 Å². The molecule has 0 saturated heterocycles. The molecule has 0 aromatic heterocycles. The Balaban J connectivity index is 1.99. The van der Waals surface area contributed by atoms with Crippen molar-refractivity contribution < 1.29 is 28.5 Å². The number of para-hydroxylation sites is 1. The van der Waals surface area contributed by atoms with Crippen molar-refractivity contribution in [1.29, 1.82) is 0 Å². The van der Waals surface area contributed by atoms with Crippen LogP contribution in [0.3, 0.4) is 0 Å². The summed E-state index contributed by atoms with van der Waals surface area (Å²) in [4.78, 5) is 14.9. The lowest BCUT2D eigenvalue weighted by molar-refractivity contribution is -0.138. The Kier molecular flexibility index (Phi) is 12.1. The molecule has 0 spiro atoms. The van der Waals surface area contributed by atoms with Crippen molar-refractivity contribution in [2.75, 3.05) is 24.8 Å². The van der Waals surface area contributed by atoms with Gasteiger partial charge in [-0.3, -0.25) is 13.9 Å². The minimum absolute atomic E-state index is 0.169. The van der Waals surface area contributed by atoms with Crippen LogP contribution in [0.1, 0.15) is 71.3 Å². The van der Waals surface area contributed by atoms with Crippen molar-refractivity contribution in [2.24, 2.45) is 0 Å². The molecule has 1 aliphatic heterocycles. The van der Waals surface area contributed by atoms with E-state index in [1.807, 2.05) is 59.1 Å². The van der Waals surface area contributed by atoms with Crippen LogP contribution in [0.15, 0.2) is 76.5 Å². The number of carboxylic acid groups (broad SMARTS) is 1. The predicted molar refractivity (Wildman–Crippen MR) is 185 cm³/mol. The van der Waals surface area contributed by atoms with Gasteiger partial charge in [-0.05, 0) is 61.9 Å². The molecule has 10 heteroatoms. The summed E-state index contributed by atoms with van der Waals surface area (Å²) in [5, 5.41) is 9.39. The summed E-state index contributed by atoms with van der Waals surface area (Å²) in [7, 11) is -1.96. The number of aliphatic carboxylic acids is 1. The number of methoxy groups -OCH3 is 1. The third kappa shape index (κ3) is 8.10. The molecule has 0 amide bonds. The van der Waals surface area contributed by atoms with E-state index in [4.69, 9.17) is 9.47 Å². The van der Waals surface area contributed by atoms with E-state index in [9.17, 15) is 19.0 Å². The molecule has 1 aliphatic rings. The number of carboxylic acids is 1. The third-order valence-corrected chi connectivity index (χ3v) is 11.3. The van der Waals surface area contributed by atoms with Gasteiger partial charge in [-0.2, -0.15) is 4.31 Å². The molecule has 1 unspecified atom stereocenters. The first kappa shape index (κ1) is 35.0. The van der Waals surface area contributed by atoms with Crippen LogP contribution in [0, 0.1) is 0 Å². The van der Waals surface area contributed by atoms with Gasteiger partial charge in [0, 0.05) is 24.8 Å². The first-order valence-corrected chi connectivity index (χ1v) is 18.4. The van der Waals surface area contributed by atoms with E-state index in [0.717, 1.165) is 66.1 Å². The van der Waals surface area contributed by atoms with Gasteiger partial charge in [0.15, 0.2) is 0 Å². The van der Waals surface area contributed by atoms with Crippen LogP contribution in [-0.2, 0) is 11.3 Å². The number of rotatable bonds is 15. The first-order chi connectivity index (χ1) is 21.6. The fourth-order valence-corrected chi connectivity index (χ4v) is 8.70. The van der Waals surface area contributed by atoms with Crippen LogP contribution < -0.4 is 14.4 Å². The Morgan fingerprint density at radius 3 is 2.22 bits per heavy atom. The monoisotopic (exact) mass is 656 g/mol. The van der Waals surface area contributed by atoms with Crippen molar-refractivity contribution in [3.8, 4) is 11.5 Å². The molecule has 0 aliphatic carbocycles. The quantitative estimate of drug-likeness (QED) is 0.138. The number of fused-ring (bicyclic) bond motifs is 1. The molecule has 8 nitrogen and oxygen atoms in total. The summed E-state index contributed by atoms with van der Waals surface area (Å²) in [5.41, 5.74) is 2.07. The van der Waals surface area contributed by atoms with E-state index in [1.54, 1.807) is 20.1 Å². The molecule has 3 aromatic rings. The van der Waals surface area contributed by atoms with E-state index < -0.39 is 28.4 Å². The van der Waals surface area contributed by atoms with Gasteiger partial charge in [0.05, 0.1) is 29.7 Å². The highest BCUT2D eigenvalue weighted by atomic mass is 32.3. The fraction of sp³-hybridized carbons (Fsp3) is 0.457. The molecule has 0 fully saturated rings. The van der Waals surface area contributed by atoms with Crippen molar-refractivity contribution in [3.05, 3.63) is 72.3 Å². The average molecular weight is 657 g/mol. The van der Waals surface area contributed by atoms with E-state index >= 15 is 0 Å². The van der Waals surface area contributed by atoms with Crippen molar-refractivity contribution in [1.82, 2.24) is 4.31 Å². The molecular formula is C35H48N2O6S2. The lowest BCUT2D eigenvalue weighted by Crippen LogP contribution is -2.54. The number of anilines is 2. The largest absolute Gasteiger partial charge is 0.497 e. The maximum Gasteiger partial charge on any atom is 0.307 e. The minimum atomic E-state index is -3.59. The number of ether oxygens (including phenoxy) is 2. The van der Waals surface area contributed by atoms with E-state index in [0.29, 0.717) is 23.7 Å². The Morgan fingerprint density at radius 1 is 1.02 bits per heavy atom. The van der Waals surface area contributed by atoms with E-state index in [-0.39, 0.29) is 6.42 Å². The Labute approximate surface area is 274 Å². The lowest BCUT2D eigenvalue weighted by Gasteiger charge is -2.52. The van der Waals surface area contributed by atoms with Crippen LogP contribution in [-0.4, -0.2) is 56.0 Å². The third-order valence-electron chi connectivity index (χ3n) is 8.45. The maximum absolute atomic E-state index is 12.7. The van der Waals surface area contributed by atoms with Crippen LogP contribution in [0.2, 0.25) is 0 Å². The second-order valence-corrected chi connectivity index (χ2v) is 14.5. The zero-order chi connectivity index (χ0) is 32.6. The van der Waals surface area contributed by atoms with Gasteiger partial charge < -0.3 is 19.5 Å². The number of carbonyl (C=O) groups is 1. The SMILES string of the molecule is CCCCC1(CCCC)CN(c2ccccc2)c2cc(SC)c(OC(C)CC(=O)O)cc2S(O)(O)N1Cc1ccc(OC)cc1. The fourth-order valence-electron chi connectivity index (χ4n) is 6.10. The zero-order valence-corrected chi connectivity index (χ0v) is 28.7. The van der Waals surface area contributed by atoms with Crippen molar-refractivity contribution >= 4 is 39.9 Å². The van der Waals surface area contributed by atoms with Crippen LogP contribution in [0.5, 0.6) is 11.5 Å². The predicted octanol–water partition coefficient (Wildman–Crippen LogP) is 9.46. The highest BCUT2D eigenvalue weighted by Gasteiger charge is 2.49. The lowest BCUT2D eigenvalue weighted by atomic mass is 9.85. The van der Waals surface area contributed by atoms with Gasteiger partial charge in [0.25, 0.3) is 0 Å². The average Bonchev–Trinajstić information content (AvgIpc) is 3.10. The van der Waals surface area contributed by atoms with Gasteiger partial charge in [0.2, 0.25) is 0 Å². The van der Waals surface area contributed by atoms with Gasteiger partial charge in [-0.1, -0.05) is 69.9 Å². The zero-order valence-electron chi connectivity index (χ0n) is 27.1. The number of nitrogens with zero attached hydrogens (tertiary/aromatic N) is 2. The first-order valence-electron chi connectivity index (χ1n) is 15.7. The number of unbranched alkanes of at least 4 members (excludes halogenated alkanes) is 2. The summed E-state index contributed by atoms with van der Waals surface area (Å²) in [6, 6.07) is 21.6. The van der Waals surface area contributed by atoms with Gasteiger partial charge >= 0.3 is 5.97 Å².